The van der Waals surface area contributed by atoms with Crippen LogP contribution in [0.5, 0.6) is 0 Å². The molecule has 1 N–H and O–H groups in total. The Balaban J connectivity index is 1.36. The number of ether oxygens (including phenoxy) is 1. The van der Waals surface area contributed by atoms with Gasteiger partial charge in [0.05, 0.1) is 24.1 Å². The van der Waals surface area contributed by atoms with Gasteiger partial charge in [0, 0.05) is 46.1 Å². The second kappa shape index (κ2) is 9.85. The number of aromatic nitrogens is 2. The molecule has 1 aliphatic heterocycles. The molecule has 0 spiro atoms. The lowest BCUT2D eigenvalue weighted by Crippen LogP contribution is -2.36. The highest BCUT2D eigenvalue weighted by atomic mass is 16.5. The summed E-state index contributed by atoms with van der Waals surface area (Å²) in [6, 6.07) is 15.5. The van der Waals surface area contributed by atoms with E-state index < -0.39 is 0 Å². The fraction of sp³-hybridized carbons (Fsp3) is 0.375. The smallest absolute Gasteiger partial charge is 0.261 e. The first-order valence-corrected chi connectivity index (χ1v) is 10.7. The molecular weight excluding hydrogens is 392 g/mol. The lowest BCUT2D eigenvalue weighted by molar-refractivity contribution is -0.121. The Bertz CT molecular complexity index is 1120. The minimum absolute atomic E-state index is 0.0522. The average Bonchev–Trinajstić information content (AvgIpc) is 2.80. The average molecular weight is 421 g/mol. The molecule has 1 aromatic heterocycles. The van der Waals surface area contributed by atoms with Gasteiger partial charge in [0.25, 0.3) is 5.56 Å². The van der Waals surface area contributed by atoms with E-state index in [2.05, 4.69) is 27.3 Å². The molecule has 2 aromatic carbocycles. The van der Waals surface area contributed by atoms with Crippen LogP contribution in [0.4, 0.5) is 0 Å². The van der Waals surface area contributed by atoms with Crippen LogP contribution in [0.1, 0.15) is 23.4 Å². The van der Waals surface area contributed by atoms with E-state index in [1.807, 2.05) is 30.3 Å². The SMILES string of the molecule is Cn1c(CCC(=O)NCc2ccccc2CN2CCOCC2)nc2ccccc2c1=O. The van der Waals surface area contributed by atoms with Gasteiger partial charge >= 0.3 is 0 Å². The zero-order valence-corrected chi connectivity index (χ0v) is 17.8. The Morgan fingerprint density at radius 3 is 2.58 bits per heavy atom. The number of rotatable bonds is 7. The maximum Gasteiger partial charge on any atom is 0.261 e. The highest BCUT2D eigenvalue weighted by molar-refractivity contribution is 5.78. The van der Waals surface area contributed by atoms with Crippen LogP contribution in [-0.4, -0.2) is 46.7 Å². The van der Waals surface area contributed by atoms with Gasteiger partial charge in [-0.1, -0.05) is 36.4 Å². The van der Waals surface area contributed by atoms with E-state index in [1.54, 1.807) is 13.1 Å². The van der Waals surface area contributed by atoms with Crippen molar-refractivity contribution >= 4 is 16.8 Å². The molecule has 2 heterocycles. The van der Waals surface area contributed by atoms with Gasteiger partial charge in [0.1, 0.15) is 5.82 Å². The summed E-state index contributed by atoms with van der Waals surface area (Å²) in [5.74, 6) is 0.565. The standard InChI is InChI=1S/C24H28N4O3/c1-27-22(26-21-9-5-4-8-20(21)24(27)30)10-11-23(29)25-16-18-6-2-3-7-19(18)17-28-12-14-31-15-13-28/h2-9H,10-17H2,1H3,(H,25,29). The number of amides is 1. The number of benzene rings is 2. The van der Waals surface area contributed by atoms with Crippen molar-refractivity contribution in [3.8, 4) is 0 Å². The van der Waals surface area contributed by atoms with Crippen molar-refractivity contribution in [2.24, 2.45) is 7.05 Å². The molecule has 0 radical (unpaired) electrons. The summed E-state index contributed by atoms with van der Waals surface area (Å²) in [7, 11) is 1.71. The molecule has 31 heavy (non-hydrogen) atoms. The Labute approximate surface area is 181 Å². The van der Waals surface area contributed by atoms with Crippen LogP contribution in [0.15, 0.2) is 53.3 Å². The molecule has 1 fully saturated rings. The predicted octanol–water partition coefficient (Wildman–Crippen LogP) is 2.01. The Morgan fingerprint density at radius 1 is 1.06 bits per heavy atom. The van der Waals surface area contributed by atoms with Crippen molar-refractivity contribution in [3.63, 3.8) is 0 Å². The molecule has 4 rings (SSSR count). The largest absolute Gasteiger partial charge is 0.379 e. The van der Waals surface area contributed by atoms with Crippen LogP contribution in [-0.2, 0) is 36.1 Å². The van der Waals surface area contributed by atoms with Gasteiger partial charge in [-0.2, -0.15) is 0 Å². The number of nitrogens with zero attached hydrogens (tertiary/aromatic N) is 3. The van der Waals surface area contributed by atoms with Crippen molar-refractivity contribution in [3.05, 3.63) is 75.8 Å². The lowest BCUT2D eigenvalue weighted by Gasteiger charge is -2.27. The van der Waals surface area contributed by atoms with Gasteiger partial charge in [-0.25, -0.2) is 4.98 Å². The van der Waals surface area contributed by atoms with Crippen LogP contribution in [0.25, 0.3) is 10.9 Å². The maximum atomic E-state index is 12.5. The highest BCUT2D eigenvalue weighted by Crippen LogP contribution is 2.13. The first-order chi connectivity index (χ1) is 15.1. The molecule has 0 atom stereocenters. The summed E-state index contributed by atoms with van der Waals surface area (Å²) in [6.45, 7) is 4.74. The molecule has 7 nitrogen and oxygen atoms in total. The number of carbonyl (C=O) groups is 1. The molecule has 0 aliphatic carbocycles. The highest BCUT2D eigenvalue weighted by Gasteiger charge is 2.14. The number of hydrogen-bond donors (Lipinski definition) is 1. The molecule has 1 amide bonds. The van der Waals surface area contributed by atoms with Gasteiger partial charge in [-0.05, 0) is 23.3 Å². The Kier molecular flexibility index (Phi) is 6.74. The first kappa shape index (κ1) is 21.2. The molecule has 0 bridgehead atoms. The topological polar surface area (TPSA) is 76.5 Å². The van der Waals surface area contributed by atoms with Crippen LogP contribution in [0.3, 0.4) is 0 Å². The zero-order chi connectivity index (χ0) is 21.6. The third-order valence-corrected chi connectivity index (χ3v) is 5.74. The summed E-state index contributed by atoms with van der Waals surface area (Å²) in [4.78, 5) is 32.0. The molecule has 0 saturated carbocycles. The quantitative estimate of drug-likeness (QED) is 0.633. The summed E-state index contributed by atoms with van der Waals surface area (Å²) >= 11 is 0. The van der Waals surface area contributed by atoms with Crippen LogP contribution < -0.4 is 10.9 Å². The zero-order valence-electron chi connectivity index (χ0n) is 17.8. The molecule has 7 heteroatoms. The van der Waals surface area contributed by atoms with Crippen LogP contribution in [0, 0.1) is 0 Å². The minimum Gasteiger partial charge on any atom is -0.379 e. The van der Waals surface area contributed by atoms with E-state index >= 15 is 0 Å². The van der Waals surface area contributed by atoms with E-state index in [9.17, 15) is 9.59 Å². The van der Waals surface area contributed by atoms with Crippen molar-refractivity contribution in [2.45, 2.75) is 25.9 Å². The predicted molar refractivity (Wildman–Crippen MR) is 120 cm³/mol. The van der Waals surface area contributed by atoms with E-state index in [0.717, 1.165) is 38.4 Å². The van der Waals surface area contributed by atoms with Crippen LogP contribution >= 0.6 is 0 Å². The van der Waals surface area contributed by atoms with Gasteiger partial charge in [-0.15, -0.1) is 0 Å². The maximum absolute atomic E-state index is 12.5. The number of carbonyl (C=O) groups excluding carboxylic acids is 1. The fourth-order valence-electron chi connectivity index (χ4n) is 3.88. The van der Waals surface area contributed by atoms with Crippen molar-refractivity contribution in [1.29, 1.82) is 0 Å². The first-order valence-electron chi connectivity index (χ1n) is 10.7. The van der Waals surface area contributed by atoms with Gasteiger partial charge in [0.2, 0.25) is 5.91 Å². The number of fused-ring (bicyclic) bond motifs is 1. The fourth-order valence-corrected chi connectivity index (χ4v) is 3.88. The summed E-state index contributed by atoms with van der Waals surface area (Å²) in [5.41, 5.74) is 2.93. The van der Waals surface area contributed by atoms with Crippen molar-refractivity contribution in [2.75, 3.05) is 26.3 Å². The van der Waals surface area contributed by atoms with E-state index in [-0.39, 0.29) is 17.9 Å². The Hall–Kier alpha value is -3.03. The monoisotopic (exact) mass is 420 g/mol. The second-order valence-corrected chi connectivity index (χ2v) is 7.84. The van der Waals surface area contributed by atoms with Gasteiger partial charge < -0.3 is 10.1 Å². The molecular formula is C24H28N4O3. The summed E-state index contributed by atoms with van der Waals surface area (Å²) < 4.78 is 6.96. The van der Waals surface area contributed by atoms with Gasteiger partial charge in [-0.3, -0.25) is 19.1 Å². The van der Waals surface area contributed by atoms with Crippen LogP contribution in [0.2, 0.25) is 0 Å². The number of hydrogen-bond acceptors (Lipinski definition) is 5. The Morgan fingerprint density at radius 2 is 1.77 bits per heavy atom. The van der Waals surface area contributed by atoms with Gasteiger partial charge in [0.15, 0.2) is 0 Å². The van der Waals surface area contributed by atoms with Crippen molar-refractivity contribution in [1.82, 2.24) is 19.8 Å². The molecule has 1 saturated heterocycles. The molecule has 162 valence electrons. The minimum atomic E-state index is -0.0851. The molecule has 0 unspecified atom stereocenters. The van der Waals surface area contributed by atoms with E-state index in [4.69, 9.17) is 4.74 Å². The normalized spacial score (nSPS) is 14.6. The number of morpholine rings is 1. The number of para-hydroxylation sites is 1. The third kappa shape index (κ3) is 5.18. The number of nitrogens with one attached hydrogen (secondary N) is 1. The third-order valence-electron chi connectivity index (χ3n) is 5.74. The molecule has 1 aliphatic rings. The second-order valence-electron chi connectivity index (χ2n) is 7.84. The number of aryl methyl sites for hydroxylation is 1. The summed E-state index contributed by atoms with van der Waals surface area (Å²) in [6.07, 6.45) is 0.697. The molecule has 3 aromatic rings. The lowest BCUT2D eigenvalue weighted by atomic mass is 10.1. The summed E-state index contributed by atoms with van der Waals surface area (Å²) in [5, 5.41) is 3.61. The van der Waals surface area contributed by atoms with E-state index in [1.165, 1.54) is 10.1 Å². The van der Waals surface area contributed by atoms with E-state index in [0.29, 0.717) is 29.7 Å². The van der Waals surface area contributed by atoms with Crippen molar-refractivity contribution < 1.29 is 9.53 Å².